The molecule has 0 amide bonds. The van der Waals surface area contributed by atoms with Crippen LogP contribution >= 0.6 is 7.92 Å². The summed E-state index contributed by atoms with van der Waals surface area (Å²) in [7, 11) is -0.588. The van der Waals surface area contributed by atoms with E-state index < -0.39 is 7.92 Å². The Balaban J connectivity index is 2.35. The average molecular weight is 355 g/mol. The van der Waals surface area contributed by atoms with Crippen molar-refractivity contribution in [3.05, 3.63) is 53.5 Å². The molecule has 0 saturated carbocycles. The van der Waals surface area contributed by atoms with Crippen molar-refractivity contribution >= 4 is 24.2 Å². The third-order valence-corrected chi connectivity index (χ3v) is 8.14. The van der Waals surface area contributed by atoms with E-state index in [0.717, 1.165) is 19.6 Å². The molecule has 0 unspecified atom stereocenters. The molecule has 0 radical (unpaired) electrons. The van der Waals surface area contributed by atoms with E-state index in [9.17, 15) is 0 Å². The maximum absolute atomic E-state index is 2.44. The predicted molar refractivity (Wildman–Crippen MR) is 110 cm³/mol. The Morgan fingerprint density at radius 3 is 1.12 bits per heavy atom. The van der Waals surface area contributed by atoms with Crippen molar-refractivity contribution in [2.45, 2.75) is 61.2 Å². The summed E-state index contributed by atoms with van der Waals surface area (Å²) < 4.78 is 7.33. The van der Waals surface area contributed by atoms with Crippen molar-refractivity contribution in [1.82, 2.24) is 13.7 Å². The van der Waals surface area contributed by atoms with Gasteiger partial charge < -0.3 is 13.7 Å². The minimum atomic E-state index is -0.588. The number of hydrogen-bond donors (Lipinski definition) is 0. The van der Waals surface area contributed by atoms with Crippen LogP contribution in [0, 0.1) is 20.8 Å². The summed E-state index contributed by atoms with van der Waals surface area (Å²) in [6.07, 6.45) is 6.76. The van der Waals surface area contributed by atoms with E-state index in [1.807, 2.05) is 0 Å². The van der Waals surface area contributed by atoms with Gasteiger partial charge in [0.05, 0.1) is 16.3 Å². The molecule has 0 bridgehead atoms. The van der Waals surface area contributed by atoms with Crippen molar-refractivity contribution in [2.75, 3.05) is 0 Å². The maximum Gasteiger partial charge on any atom is 0.0562 e. The molecule has 0 saturated heterocycles. The Morgan fingerprint density at radius 2 is 0.880 bits per heavy atom. The molecule has 134 valence electrons. The largest absolute Gasteiger partial charge is 0.347 e. The Hall–Kier alpha value is -1.73. The predicted octanol–water partition coefficient (Wildman–Crippen LogP) is 3.83. The topological polar surface area (TPSA) is 14.8 Å². The van der Waals surface area contributed by atoms with Crippen LogP contribution in [0.2, 0.25) is 0 Å². The maximum atomic E-state index is 2.44. The van der Waals surface area contributed by atoms with Gasteiger partial charge in [-0.1, -0.05) is 0 Å². The van der Waals surface area contributed by atoms with Crippen molar-refractivity contribution in [3.63, 3.8) is 0 Å². The van der Waals surface area contributed by atoms with Crippen molar-refractivity contribution < 1.29 is 0 Å². The molecule has 4 heteroatoms. The van der Waals surface area contributed by atoms with Gasteiger partial charge in [0.1, 0.15) is 0 Å². The average Bonchev–Trinajstić information content (AvgIpc) is 3.28. The highest BCUT2D eigenvalue weighted by Crippen LogP contribution is 2.37. The molecule has 0 aliphatic carbocycles. The quantitative estimate of drug-likeness (QED) is 0.597. The summed E-state index contributed by atoms with van der Waals surface area (Å²) in [5.41, 5.74) is 8.68. The van der Waals surface area contributed by atoms with Gasteiger partial charge in [0.2, 0.25) is 0 Å². The van der Waals surface area contributed by atoms with Crippen LogP contribution in [-0.4, -0.2) is 13.7 Å². The van der Waals surface area contributed by atoms with E-state index in [1.165, 1.54) is 33.0 Å². The molecule has 0 N–H and O–H groups in total. The third kappa shape index (κ3) is 3.00. The van der Waals surface area contributed by atoms with Gasteiger partial charge in [0.15, 0.2) is 0 Å². The Bertz CT molecular complexity index is 751. The van der Waals surface area contributed by atoms with E-state index in [1.54, 1.807) is 0 Å². The second kappa shape index (κ2) is 7.25. The van der Waals surface area contributed by atoms with Gasteiger partial charge >= 0.3 is 0 Å². The normalized spacial score (nSPS) is 11.6. The van der Waals surface area contributed by atoms with Gasteiger partial charge in [-0.3, -0.25) is 0 Å². The van der Waals surface area contributed by atoms with Crippen molar-refractivity contribution in [2.24, 2.45) is 0 Å². The second-order valence-electron chi connectivity index (χ2n) is 6.66. The number of rotatable bonds is 6. The molecule has 0 aliphatic heterocycles. The first-order chi connectivity index (χ1) is 12.0. The lowest BCUT2D eigenvalue weighted by Gasteiger charge is -2.26. The van der Waals surface area contributed by atoms with Crippen LogP contribution in [0.1, 0.15) is 37.5 Å². The standard InChI is InChI=1S/C21H30N3P/c1-7-22-13-10-16(4)19(22)25(20-17(5)11-14-23(20)8-2)21-18(6)12-15-24(21)9-3/h10-15H,7-9H2,1-6H3. The Kier molecular flexibility index (Phi) is 5.24. The van der Waals surface area contributed by atoms with Crippen molar-refractivity contribution in [3.8, 4) is 0 Å². The smallest absolute Gasteiger partial charge is 0.0562 e. The summed E-state index contributed by atoms with van der Waals surface area (Å²) in [5.74, 6) is 0. The lowest BCUT2D eigenvalue weighted by molar-refractivity contribution is 0.778. The zero-order valence-corrected chi connectivity index (χ0v) is 17.3. The molecule has 0 spiro atoms. The molecule has 3 aromatic rings. The fraction of sp³-hybridized carbons (Fsp3) is 0.429. The molecule has 3 nitrogen and oxygen atoms in total. The molecule has 0 fully saturated rings. The summed E-state index contributed by atoms with van der Waals surface area (Å²) in [6, 6.07) is 6.83. The molecule has 3 rings (SSSR count). The monoisotopic (exact) mass is 355 g/mol. The first-order valence-electron chi connectivity index (χ1n) is 9.30. The van der Waals surface area contributed by atoms with Gasteiger partial charge in [-0.15, -0.1) is 0 Å². The third-order valence-electron chi connectivity index (χ3n) is 5.05. The highest BCUT2D eigenvalue weighted by molar-refractivity contribution is 7.79. The zero-order chi connectivity index (χ0) is 18.1. The first-order valence-corrected chi connectivity index (χ1v) is 10.6. The van der Waals surface area contributed by atoms with E-state index in [2.05, 4.69) is 92.0 Å². The molecule has 0 aromatic carbocycles. The summed E-state index contributed by atoms with van der Waals surface area (Å²) in [5, 5.41) is 0. The van der Waals surface area contributed by atoms with Gasteiger partial charge in [0, 0.05) is 46.1 Å². The van der Waals surface area contributed by atoms with Crippen LogP contribution in [-0.2, 0) is 19.6 Å². The van der Waals surface area contributed by atoms with Crippen LogP contribution in [0.25, 0.3) is 0 Å². The number of hydrogen-bond acceptors (Lipinski definition) is 0. The van der Waals surface area contributed by atoms with E-state index >= 15 is 0 Å². The minimum Gasteiger partial charge on any atom is -0.347 e. The van der Waals surface area contributed by atoms with E-state index in [4.69, 9.17) is 0 Å². The van der Waals surface area contributed by atoms with E-state index in [0.29, 0.717) is 0 Å². The lowest BCUT2D eigenvalue weighted by atomic mass is 10.4. The zero-order valence-electron chi connectivity index (χ0n) is 16.4. The summed E-state index contributed by atoms with van der Waals surface area (Å²) in [4.78, 5) is 0. The van der Waals surface area contributed by atoms with Crippen LogP contribution in [0.3, 0.4) is 0 Å². The molecule has 0 atom stereocenters. The van der Waals surface area contributed by atoms with Gasteiger partial charge in [0.25, 0.3) is 0 Å². The van der Waals surface area contributed by atoms with Gasteiger partial charge in [-0.05, 0) is 76.4 Å². The van der Waals surface area contributed by atoms with Gasteiger partial charge in [-0.25, -0.2) is 0 Å². The highest BCUT2D eigenvalue weighted by Gasteiger charge is 2.29. The number of aryl methyl sites for hydroxylation is 6. The minimum absolute atomic E-state index is 0.588. The highest BCUT2D eigenvalue weighted by atomic mass is 31.1. The summed E-state index contributed by atoms with van der Waals surface area (Å²) in [6.45, 7) is 16.6. The fourth-order valence-electron chi connectivity index (χ4n) is 3.70. The Labute approximate surface area is 153 Å². The molecule has 3 aromatic heterocycles. The van der Waals surface area contributed by atoms with Crippen LogP contribution in [0.4, 0.5) is 0 Å². The molecular weight excluding hydrogens is 325 g/mol. The lowest BCUT2D eigenvalue weighted by Crippen LogP contribution is -2.35. The van der Waals surface area contributed by atoms with Crippen LogP contribution in [0.5, 0.6) is 0 Å². The molecular formula is C21H30N3P. The number of nitrogens with zero attached hydrogens (tertiary/aromatic N) is 3. The summed E-state index contributed by atoms with van der Waals surface area (Å²) >= 11 is 0. The molecule has 3 heterocycles. The van der Waals surface area contributed by atoms with E-state index in [-0.39, 0.29) is 0 Å². The molecule has 0 aliphatic rings. The molecule has 25 heavy (non-hydrogen) atoms. The fourth-order valence-corrected chi connectivity index (χ4v) is 6.98. The second-order valence-corrected chi connectivity index (χ2v) is 8.60. The van der Waals surface area contributed by atoms with Gasteiger partial charge in [-0.2, -0.15) is 0 Å². The SMILES string of the molecule is CCn1ccc(C)c1P(c1c(C)ccn1CC)c1c(C)ccn1CC. The van der Waals surface area contributed by atoms with Crippen LogP contribution < -0.4 is 16.3 Å². The first kappa shape index (κ1) is 18.1. The number of aromatic nitrogens is 3. The van der Waals surface area contributed by atoms with Crippen molar-refractivity contribution in [1.29, 1.82) is 0 Å². The van der Waals surface area contributed by atoms with Crippen LogP contribution in [0.15, 0.2) is 36.8 Å². The Morgan fingerprint density at radius 1 is 0.600 bits per heavy atom.